The molecule has 0 spiro atoms. The molecule has 5 heteroatoms. The summed E-state index contributed by atoms with van der Waals surface area (Å²) in [4.78, 5) is 0. The maximum absolute atomic E-state index is 9.18. The number of hydrogen-bond acceptors (Lipinski definition) is 5. The number of para-hydroxylation sites is 2. The van der Waals surface area contributed by atoms with Crippen molar-refractivity contribution in [3.05, 3.63) is 59.8 Å². The number of nitrogens with zero attached hydrogens (tertiary/aromatic N) is 3. The fourth-order valence-corrected chi connectivity index (χ4v) is 2.11. The first-order valence-corrected chi connectivity index (χ1v) is 6.69. The van der Waals surface area contributed by atoms with Gasteiger partial charge < -0.3 is 10.1 Å². The Morgan fingerprint density at radius 2 is 1.48 bits per heavy atom. The van der Waals surface area contributed by atoms with Crippen LogP contribution >= 0.6 is 0 Å². The summed E-state index contributed by atoms with van der Waals surface area (Å²) in [6.07, 6.45) is 0. The van der Waals surface area contributed by atoms with Gasteiger partial charge in [0.2, 0.25) is 0 Å². The highest BCUT2D eigenvalue weighted by Gasteiger charge is 2.12. The Kier molecular flexibility index (Phi) is 4.97. The van der Waals surface area contributed by atoms with Crippen molar-refractivity contribution in [1.29, 1.82) is 15.8 Å². The highest BCUT2D eigenvalue weighted by Crippen LogP contribution is 2.35. The molecular formula is C18H12N4O. The summed E-state index contributed by atoms with van der Waals surface area (Å²) < 4.78 is 5.37. The average Bonchev–Trinajstić information content (AvgIpc) is 2.62. The SMILES string of the molecule is COc1ccccc1-c1ccccc1NC(C#N)=C(C#N)C#N. The molecule has 0 aliphatic rings. The van der Waals surface area contributed by atoms with Crippen LogP contribution in [0.2, 0.25) is 0 Å². The summed E-state index contributed by atoms with van der Waals surface area (Å²) in [5.74, 6) is 0.685. The average molecular weight is 300 g/mol. The first-order valence-electron chi connectivity index (χ1n) is 6.69. The number of methoxy groups -OCH3 is 1. The van der Waals surface area contributed by atoms with Gasteiger partial charge in [-0.15, -0.1) is 0 Å². The molecule has 0 aromatic heterocycles. The van der Waals surface area contributed by atoms with Gasteiger partial charge in [0.05, 0.1) is 7.11 Å². The second kappa shape index (κ2) is 7.31. The summed E-state index contributed by atoms with van der Waals surface area (Å²) in [7, 11) is 1.58. The van der Waals surface area contributed by atoms with Crippen LogP contribution in [-0.4, -0.2) is 7.11 Å². The first kappa shape index (κ1) is 15.6. The molecule has 2 aromatic carbocycles. The van der Waals surface area contributed by atoms with Gasteiger partial charge in [0.25, 0.3) is 0 Å². The second-order valence-corrected chi connectivity index (χ2v) is 4.46. The van der Waals surface area contributed by atoms with Gasteiger partial charge in [-0.05, 0) is 12.1 Å². The van der Waals surface area contributed by atoms with Crippen LogP contribution in [0.4, 0.5) is 5.69 Å². The highest BCUT2D eigenvalue weighted by atomic mass is 16.5. The lowest BCUT2D eigenvalue weighted by Crippen LogP contribution is -2.02. The number of allylic oxidation sites excluding steroid dienone is 2. The van der Waals surface area contributed by atoms with E-state index in [1.807, 2.05) is 42.5 Å². The number of benzene rings is 2. The molecule has 110 valence electrons. The Labute approximate surface area is 134 Å². The van der Waals surface area contributed by atoms with Gasteiger partial charge in [0.15, 0.2) is 5.57 Å². The topological polar surface area (TPSA) is 92.6 Å². The number of rotatable bonds is 4. The van der Waals surface area contributed by atoms with Gasteiger partial charge in [-0.2, -0.15) is 15.8 Å². The smallest absolute Gasteiger partial charge is 0.163 e. The summed E-state index contributed by atoms with van der Waals surface area (Å²) >= 11 is 0. The van der Waals surface area contributed by atoms with Crippen molar-refractivity contribution in [2.24, 2.45) is 0 Å². The lowest BCUT2D eigenvalue weighted by molar-refractivity contribution is 0.416. The minimum atomic E-state index is -0.262. The van der Waals surface area contributed by atoms with Crippen LogP contribution in [-0.2, 0) is 0 Å². The van der Waals surface area contributed by atoms with Crippen molar-refractivity contribution in [3.8, 4) is 35.1 Å². The normalized spacial score (nSPS) is 8.96. The summed E-state index contributed by atoms with van der Waals surface area (Å²) in [6.45, 7) is 0. The van der Waals surface area contributed by atoms with Crippen LogP contribution in [0.3, 0.4) is 0 Å². The van der Waals surface area contributed by atoms with Gasteiger partial charge in [-0.1, -0.05) is 36.4 Å². The zero-order valence-corrected chi connectivity index (χ0v) is 12.4. The molecule has 0 unspecified atom stereocenters. The minimum Gasteiger partial charge on any atom is -0.496 e. The van der Waals surface area contributed by atoms with Crippen molar-refractivity contribution < 1.29 is 4.74 Å². The molecule has 0 saturated heterocycles. The lowest BCUT2D eigenvalue weighted by Gasteiger charge is -2.14. The van der Waals surface area contributed by atoms with Crippen molar-refractivity contribution >= 4 is 5.69 Å². The second-order valence-electron chi connectivity index (χ2n) is 4.46. The highest BCUT2D eigenvalue weighted by molar-refractivity contribution is 5.83. The van der Waals surface area contributed by atoms with Gasteiger partial charge >= 0.3 is 0 Å². The fraction of sp³-hybridized carbons (Fsp3) is 0.0556. The molecule has 0 aliphatic carbocycles. The zero-order chi connectivity index (χ0) is 16.7. The van der Waals surface area contributed by atoms with Crippen LogP contribution in [0.1, 0.15) is 0 Å². The Morgan fingerprint density at radius 1 is 0.870 bits per heavy atom. The first-order chi connectivity index (χ1) is 11.2. The predicted molar refractivity (Wildman–Crippen MR) is 85.9 cm³/mol. The Morgan fingerprint density at radius 3 is 2.09 bits per heavy atom. The van der Waals surface area contributed by atoms with E-state index < -0.39 is 0 Å². The number of hydrogen-bond donors (Lipinski definition) is 1. The molecule has 5 nitrogen and oxygen atoms in total. The Bertz CT molecular complexity index is 863. The van der Waals surface area contributed by atoms with Crippen molar-refractivity contribution in [2.75, 3.05) is 12.4 Å². The maximum atomic E-state index is 9.18. The van der Waals surface area contributed by atoms with E-state index in [9.17, 15) is 5.26 Å². The van der Waals surface area contributed by atoms with Gasteiger partial charge in [-0.25, -0.2) is 0 Å². The van der Waals surface area contributed by atoms with E-state index in [1.165, 1.54) is 0 Å². The molecule has 2 aromatic rings. The van der Waals surface area contributed by atoms with Gasteiger partial charge in [0.1, 0.15) is 29.7 Å². The maximum Gasteiger partial charge on any atom is 0.163 e. The summed E-state index contributed by atoms with van der Waals surface area (Å²) in [5, 5.41) is 29.9. The molecule has 1 N–H and O–H groups in total. The molecular weight excluding hydrogens is 288 g/mol. The van der Waals surface area contributed by atoms with Crippen molar-refractivity contribution in [1.82, 2.24) is 0 Å². The third kappa shape index (κ3) is 3.29. The molecule has 0 aliphatic heterocycles. The number of anilines is 1. The van der Waals surface area contributed by atoms with E-state index in [0.717, 1.165) is 11.1 Å². The standard InChI is InChI=1S/C18H12N4O/c1-23-18-9-5-3-7-15(18)14-6-2-4-8-16(14)22-17(12-21)13(10-19)11-20/h2-9,22H,1H3. The Hall–Kier alpha value is -3.75. The third-order valence-electron chi connectivity index (χ3n) is 3.17. The van der Waals surface area contributed by atoms with E-state index in [0.29, 0.717) is 11.4 Å². The largest absolute Gasteiger partial charge is 0.496 e. The molecule has 0 heterocycles. The Balaban J connectivity index is 2.56. The molecule has 0 bridgehead atoms. The fourth-order valence-electron chi connectivity index (χ4n) is 2.11. The van der Waals surface area contributed by atoms with Crippen LogP contribution in [0.25, 0.3) is 11.1 Å². The van der Waals surface area contributed by atoms with Crippen molar-refractivity contribution in [3.63, 3.8) is 0 Å². The quantitative estimate of drug-likeness (QED) is 0.871. The number of nitrogens with one attached hydrogen (secondary N) is 1. The third-order valence-corrected chi connectivity index (χ3v) is 3.17. The summed E-state index contributed by atoms with van der Waals surface area (Å²) in [5.41, 5.74) is 1.90. The van der Waals surface area contributed by atoms with Crippen LogP contribution in [0.5, 0.6) is 5.75 Å². The van der Waals surface area contributed by atoms with Gasteiger partial charge in [-0.3, -0.25) is 0 Å². The summed E-state index contributed by atoms with van der Waals surface area (Å²) in [6, 6.07) is 20.1. The molecule has 0 amide bonds. The molecule has 0 atom stereocenters. The number of nitriles is 3. The molecule has 0 radical (unpaired) electrons. The molecule has 0 fully saturated rings. The van der Waals surface area contributed by atoms with Crippen LogP contribution in [0.15, 0.2) is 59.8 Å². The predicted octanol–water partition coefficient (Wildman–Crippen LogP) is 3.60. The molecule has 23 heavy (non-hydrogen) atoms. The number of ether oxygens (including phenoxy) is 1. The minimum absolute atomic E-state index is 0.0858. The van der Waals surface area contributed by atoms with E-state index in [1.54, 1.807) is 31.4 Å². The molecule has 2 rings (SSSR count). The lowest BCUT2D eigenvalue weighted by atomic mass is 10.0. The van der Waals surface area contributed by atoms with E-state index in [4.69, 9.17) is 15.3 Å². The van der Waals surface area contributed by atoms with E-state index in [2.05, 4.69) is 5.32 Å². The van der Waals surface area contributed by atoms with Crippen LogP contribution < -0.4 is 10.1 Å². The van der Waals surface area contributed by atoms with Crippen molar-refractivity contribution in [2.45, 2.75) is 0 Å². The van der Waals surface area contributed by atoms with E-state index in [-0.39, 0.29) is 11.3 Å². The van der Waals surface area contributed by atoms with E-state index >= 15 is 0 Å². The monoisotopic (exact) mass is 300 g/mol. The van der Waals surface area contributed by atoms with Crippen LogP contribution in [0, 0.1) is 34.0 Å². The zero-order valence-electron chi connectivity index (χ0n) is 12.4. The van der Waals surface area contributed by atoms with Gasteiger partial charge in [0, 0.05) is 16.8 Å². The molecule has 0 saturated carbocycles.